The van der Waals surface area contributed by atoms with E-state index in [9.17, 15) is 33.6 Å². The topological polar surface area (TPSA) is 214 Å². The van der Waals surface area contributed by atoms with E-state index in [0.29, 0.717) is 30.2 Å². The average molecular weight is 790 g/mol. The van der Waals surface area contributed by atoms with Crippen molar-refractivity contribution in [3.05, 3.63) is 77.1 Å². The number of aliphatic hydroxyl groups is 5. The Bertz CT molecular complexity index is 1860. The van der Waals surface area contributed by atoms with Crippen LogP contribution in [0.3, 0.4) is 0 Å². The van der Waals surface area contributed by atoms with Crippen molar-refractivity contribution in [1.29, 1.82) is 0 Å². The van der Waals surface area contributed by atoms with Gasteiger partial charge in [0.25, 0.3) is 0 Å². The summed E-state index contributed by atoms with van der Waals surface area (Å²) in [6.45, 7) is 0.928. The van der Waals surface area contributed by atoms with Crippen LogP contribution in [-0.4, -0.2) is 137 Å². The molecule has 3 fully saturated rings. The molecule has 0 bridgehead atoms. The maximum Gasteiger partial charge on any atom is 0.314 e. The number of para-hydroxylation sites is 1. The van der Waals surface area contributed by atoms with Crippen molar-refractivity contribution in [3.8, 4) is 16.9 Å². The van der Waals surface area contributed by atoms with Crippen LogP contribution >= 0.6 is 11.6 Å². The predicted octanol–water partition coefficient (Wildman–Crippen LogP) is 1.19. The Morgan fingerprint density at radius 1 is 0.963 bits per heavy atom. The van der Waals surface area contributed by atoms with Crippen LogP contribution in [0.1, 0.15) is 36.8 Å². The maximum absolute atomic E-state index is 13.7. The van der Waals surface area contributed by atoms with E-state index in [0.717, 1.165) is 48.1 Å². The van der Waals surface area contributed by atoms with Crippen molar-refractivity contribution in [1.82, 2.24) is 24.8 Å². The monoisotopic (exact) mass is 789 g/mol. The predicted molar refractivity (Wildman–Crippen MR) is 198 cm³/mol. The van der Waals surface area contributed by atoms with Crippen molar-refractivity contribution >= 4 is 27.7 Å². The second-order valence-corrected chi connectivity index (χ2v) is 16.3. The van der Waals surface area contributed by atoms with Crippen LogP contribution < -0.4 is 15.4 Å². The van der Waals surface area contributed by atoms with E-state index in [4.69, 9.17) is 26.2 Å². The molecular formula is C37H48ClN5O10S. The lowest BCUT2D eigenvalue weighted by Gasteiger charge is -2.34. The molecule has 0 spiro atoms. The molecule has 3 aliphatic rings. The fraction of sp³-hybridized carbons (Fsp3) is 0.514. The molecule has 2 heterocycles. The van der Waals surface area contributed by atoms with Crippen LogP contribution in [0.15, 0.2) is 65.8 Å². The summed E-state index contributed by atoms with van der Waals surface area (Å²) in [6.07, 6.45) is 0.721. The van der Waals surface area contributed by atoms with Gasteiger partial charge in [-0.2, -0.15) is 4.31 Å². The molecule has 3 aromatic rings. The number of pyridine rings is 1. The highest BCUT2D eigenvalue weighted by molar-refractivity contribution is 7.89. The number of hydrogen-bond acceptors (Lipinski definition) is 12. The molecule has 2 aromatic carbocycles. The van der Waals surface area contributed by atoms with Gasteiger partial charge in [0.15, 0.2) is 0 Å². The molecule has 15 nitrogen and oxygen atoms in total. The maximum atomic E-state index is 13.7. The smallest absolute Gasteiger partial charge is 0.314 e. The van der Waals surface area contributed by atoms with Crippen LogP contribution in [0, 0.1) is 0 Å². The normalized spacial score (nSPS) is 19.7. The van der Waals surface area contributed by atoms with E-state index >= 15 is 0 Å². The van der Waals surface area contributed by atoms with E-state index in [1.54, 1.807) is 18.3 Å². The molecule has 1 aliphatic heterocycles. The lowest BCUT2D eigenvalue weighted by atomic mass is 9.96. The average Bonchev–Trinajstić information content (AvgIpc) is 4.14. The first-order valence-electron chi connectivity index (χ1n) is 18.1. The van der Waals surface area contributed by atoms with Gasteiger partial charge in [0.2, 0.25) is 10.0 Å². The van der Waals surface area contributed by atoms with Gasteiger partial charge in [-0.25, -0.2) is 13.2 Å². The summed E-state index contributed by atoms with van der Waals surface area (Å²) in [5, 5.41) is 53.2. The van der Waals surface area contributed by atoms with Crippen molar-refractivity contribution < 1.29 is 48.2 Å². The SMILES string of the molecule is O=C(NCCN1CCN(S(=O)(=O)c2ccc(Cl)c(COC3(c4cnccc4-c4ccccc4OC4CC4)CC3)c2)CC1)NC[C@H](O)[C@@H](O)[C@H](O)[C@H](O)CO. The zero-order valence-corrected chi connectivity index (χ0v) is 31.3. The van der Waals surface area contributed by atoms with Gasteiger partial charge in [0, 0.05) is 74.4 Å². The zero-order chi connectivity index (χ0) is 38.5. The standard InChI is InChI=1S/C37H48ClN5O10S/c38-30-8-7-26(54(50,51)43-17-15-42(16-18-43)14-13-40-36(49)41-21-31(45)34(47)35(48)32(46)22-44)19-24(30)23-52-37(10-11-37)29-20-39-12-9-27(29)28-3-1-2-4-33(28)53-25-5-6-25/h1-4,7-9,12,19-20,25,31-32,34-35,44-48H,5-6,10-11,13-18,21-23H2,(H2,40,41,49)/t31-,32+,34+,35+/m0/s1. The minimum absolute atomic E-state index is 0.111. The fourth-order valence-electron chi connectivity index (χ4n) is 6.41. The number of ether oxygens (including phenoxy) is 2. The van der Waals surface area contributed by atoms with Gasteiger partial charge in [-0.05, 0) is 67.1 Å². The highest BCUT2D eigenvalue weighted by atomic mass is 35.5. The number of aliphatic hydroxyl groups excluding tert-OH is 5. The third-order valence-corrected chi connectivity index (χ3v) is 12.3. The number of sulfonamides is 1. The number of hydrogen-bond donors (Lipinski definition) is 7. The first-order chi connectivity index (χ1) is 25.9. The first kappa shape index (κ1) is 40.2. The third-order valence-electron chi connectivity index (χ3n) is 10.0. The highest BCUT2D eigenvalue weighted by Gasteiger charge is 2.48. The Morgan fingerprint density at radius 3 is 2.39 bits per heavy atom. The second kappa shape index (κ2) is 17.6. The molecule has 0 unspecified atom stereocenters. The van der Waals surface area contributed by atoms with Gasteiger partial charge in [0.1, 0.15) is 24.1 Å². The number of rotatable bonds is 18. The van der Waals surface area contributed by atoms with Crippen molar-refractivity contribution in [2.24, 2.45) is 0 Å². The number of carbonyl (C=O) groups is 1. The van der Waals surface area contributed by atoms with Crippen molar-refractivity contribution in [2.45, 2.75) is 73.3 Å². The summed E-state index contributed by atoms with van der Waals surface area (Å²) in [6, 6.07) is 14.0. The Hall–Kier alpha value is -3.42. The zero-order valence-electron chi connectivity index (χ0n) is 29.8. The molecule has 54 heavy (non-hydrogen) atoms. The van der Waals surface area contributed by atoms with E-state index in [-0.39, 0.29) is 37.2 Å². The summed E-state index contributed by atoms with van der Waals surface area (Å²) < 4.78 is 41.7. The summed E-state index contributed by atoms with van der Waals surface area (Å²) >= 11 is 6.59. The van der Waals surface area contributed by atoms with E-state index < -0.39 is 59.2 Å². The second-order valence-electron chi connectivity index (χ2n) is 14.0. The largest absolute Gasteiger partial charge is 0.490 e. The fourth-order valence-corrected chi connectivity index (χ4v) is 8.05. The number of carbonyl (C=O) groups excluding carboxylic acids is 1. The third kappa shape index (κ3) is 9.68. The molecular weight excluding hydrogens is 742 g/mol. The van der Waals surface area contributed by atoms with Crippen LogP contribution in [0.4, 0.5) is 4.79 Å². The molecule has 0 radical (unpaired) electrons. The van der Waals surface area contributed by atoms with Gasteiger partial charge >= 0.3 is 6.03 Å². The lowest BCUT2D eigenvalue weighted by molar-refractivity contribution is -0.113. The van der Waals surface area contributed by atoms with E-state index in [2.05, 4.69) is 15.6 Å². The molecule has 1 aromatic heterocycles. The molecule has 17 heteroatoms. The van der Waals surface area contributed by atoms with Gasteiger partial charge in [0.05, 0.1) is 35.9 Å². The number of amides is 2. The van der Waals surface area contributed by atoms with Crippen LogP contribution in [0.25, 0.3) is 11.1 Å². The highest BCUT2D eigenvalue weighted by Crippen LogP contribution is 2.53. The number of nitrogens with zero attached hydrogens (tertiary/aromatic N) is 3. The minimum atomic E-state index is -3.84. The van der Waals surface area contributed by atoms with Crippen molar-refractivity contribution in [2.75, 3.05) is 52.4 Å². The van der Waals surface area contributed by atoms with E-state index in [1.165, 1.54) is 10.4 Å². The molecule has 2 saturated carbocycles. The number of nitrogens with one attached hydrogen (secondary N) is 2. The van der Waals surface area contributed by atoms with Crippen LogP contribution in [-0.2, 0) is 27.0 Å². The summed E-state index contributed by atoms with van der Waals surface area (Å²) in [5.41, 5.74) is 2.91. The number of urea groups is 1. The molecule has 1 saturated heterocycles. The molecule has 294 valence electrons. The molecule has 2 aliphatic carbocycles. The Kier molecular flexibility index (Phi) is 13.1. The number of aromatic nitrogens is 1. The molecule has 7 N–H and O–H groups in total. The summed E-state index contributed by atoms with van der Waals surface area (Å²) in [4.78, 5) is 18.7. The summed E-state index contributed by atoms with van der Waals surface area (Å²) in [5.74, 6) is 0.830. The number of piperazine rings is 1. The van der Waals surface area contributed by atoms with Crippen LogP contribution in [0.2, 0.25) is 5.02 Å². The van der Waals surface area contributed by atoms with Gasteiger partial charge in [-0.15, -0.1) is 0 Å². The van der Waals surface area contributed by atoms with Gasteiger partial charge < -0.3 is 45.6 Å². The van der Waals surface area contributed by atoms with Gasteiger partial charge in [-0.3, -0.25) is 9.88 Å². The lowest BCUT2D eigenvalue weighted by Crippen LogP contribution is -2.52. The Labute approximate surface area is 319 Å². The number of halogens is 1. The van der Waals surface area contributed by atoms with Crippen LogP contribution in [0.5, 0.6) is 5.75 Å². The Morgan fingerprint density at radius 2 is 1.69 bits per heavy atom. The number of benzene rings is 2. The first-order valence-corrected chi connectivity index (χ1v) is 19.9. The molecule has 4 atom stereocenters. The van der Waals surface area contributed by atoms with Gasteiger partial charge in [-0.1, -0.05) is 29.8 Å². The molecule has 6 rings (SSSR count). The minimum Gasteiger partial charge on any atom is -0.490 e. The summed E-state index contributed by atoms with van der Waals surface area (Å²) in [7, 11) is -3.84. The quantitative estimate of drug-likeness (QED) is 0.0969. The Balaban J connectivity index is 0.999. The van der Waals surface area contributed by atoms with Crippen molar-refractivity contribution in [3.63, 3.8) is 0 Å². The molecule has 2 amide bonds. The van der Waals surface area contributed by atoms with E-state index in [1.807, 2.05) is 41.4 Å².